The van der Waals surface area contributed by atoms with E-state index in [1.54, 1.807) is 0 Å². The molecule has 2 aromatic rings. The molecule has 0 N–H and O–H groups in total. The number of hydrogen-bond acceptors (Lipinski definition) is 4. The van der Waals surface area contributed by atoms with Crippen molar-refractivity contribution >= 4 is 33.1 Å². The van der Waals surface area contributed by atoms with E-state index < -0.39 is 0 Å². The van der Waals surface area contributed by atoms with Gasteiger partial charge in [0.15, 0.2) is 0 Å². The first-order valence-electron chi connectivity index (χ1n) is 4.91. The highest BCUT2D eigenvalue weighted by molar-refractivity contribution is 7.20. The van der Waals surface area contributed by atoms with Gasteiger partial charge in [-0.1, -0.05) is 6.07 Å². The molecule has 0 radical (unpaired) electrons. The zero-order chi connectivity index (χ0) is 11.7. The third kappa shape index (κ3) is 1.76. The summed E-state index contributed by atoms with van der Waals surface area (Å²) in [4.78, 5) is 14.1. The molecule has 0 spiro atoms. The standard InChI is InChI=1S/C12H13NO2S/c1-13(2)9-5-4-6-10-8(9)7-11(16-10)12(14)15-3/h4-7H,1-3H3. The van der Waals surface area contributed by atoms with Crippen molar-refractivity contribution in [3.8, 4) is 0 Å². The molecule has 1 aromatic heterocycles. The van der Waals surface area contributed by atoms with Gasteiger partial charge < -0.3 is 9.64 Å². The van der Waals surface area contributed by atoms with Crippen LogP contribution in [0, 0.1) is 0 Å². The molecule has 0 unspecified atom stereocenters. The van der Waals surface area contributed by atoms with Gasteiger partial charge in [-0.2, -0.15) is 0 Å². The Hall–Kier alpha value is -1.55. The van der Waals surface area contributed by atoms with E-state index in [4.69, 9.17) is 4.74 Å². The quantitative estimate of drug-likeness (QED) is 0.750. The maximum Gasteiger partial charge on any atom is 0.348 e. The summed E-state index contributed by atoms with van der Waals surface area (Å²) in [5, 5.41) is 1.10. The van der Waals surface area contributed by atoms with Gasteiger partial charge in [0.05, 0.1) is 7.11 Å². The van der Waals surface area contributed by atoms with Gasteiger partial charge in [0.1, 0.15) is 4.88 Å². The molecule has 4 heteroatoms. The molecule has 0 saturated carbocycles. The number of benzene rings is 1. The fraction of sp³-hybridized carbons (Fsp3) is 0.250. The number of carbonyl (C=O) groups is 1. The Labute approximate surface area is 98.2 Å². The zero-order valence-corrected chi connectivity index (χ0v) is 10.3. The zero-order valence-electron chi connectivity index (χ0n) is 9.48. The van der Waals surface area contributed by atoms with E-state index in [0.717, 1.165) is 15.8 Å². The summed E-state index contributed by atoms with van der Waals surface area (Å²) in [6.45, 7) is 0. The Morgan fingerprint density at radius 2 is 2.12 bits per heavy atom. The SMILES string of the molecule is COC(=O)c1cc2c(N(C)C)cccc2s1. The normalized spacial score (nSPS) is 10.4. The summed E-state index contributed by atoms with van der Waals surface area (Å²) in [6.07, 6.45) is 0. The molecule has 0 amide bonds. The minimum atomic E-state index is -0.272. The fourth-order valence-electron chi connectivity index (χ4n) is 1.64. The highest BCUT2D eigenvalue weighted by Crippen LogP contribution is 2.32. The Kier molecular flexibility index (Phi) is 2.83. The molecule has 2 rings (SSSR count). The number of thiophene rings is 1. The van der Waals surface area contributed by atoms with Gasteiger partial charge in [-0.25, -0.2) is 4.79 Å². The van der Waals surface area contributed by atoms with Gasteiger partial charge in [-0.3, -0.25) is 0 Å². The Bertz CT molecular complexity index is 531. The summed E-state index contributed by atoms with van der Waals surface area (Å²) >= 11 is 1.46. The molecule has 0 saturated heterocycles. The Balaban J connectivity index is 2.61. The van der Waals surface area contributed by atoms with Crippen molar-refractivity contribution < 1.29 is 9.53 Å². The summed E-state index contributed by atoms with van der Waals surface area (Å²) < 4.78 is 5.83. The minimum Gasteiger partial charge on any atom is -0.465 e. The van der Waals surface area contributed by atoms with Crippen LogP contribution >= 0.6 is 11.3 Å². The number of methoxy groups -OCH3 is 1. The lowest BCUT2D eigenvalue weighted by atomic mass is 10.2. The van der Waals surface area contributed by atoms with Crippen LogP contribution in [0.3, 0.4) is 0 Å². The van der Waals surface area contributed by atoms with Crippen LogP contribution < -0.4 is 4.90 Å². The van der Waals surface area contributed by atoms with Crippen molar-refractivity contribution in [2.45, 2.75) is 0 Å². The van der Waals surface area contributed by atoms with E-state index in [1.807, 2.05) is 43.3 Å². The van der Waals surface area contributed by atoms with E-state index >= 15 is 0 Å². The molecule has 84 valence electrons. The smallest absolute Gasteiger partial charge is 0.348 e. The van der Waals surface area contributed by atoms with Crippen LogP contribution in [0.5, 0.6) is 0 Å². The number of fused-ring (bicyclic) bond motifs is 1. The van der Waals surface area contributed by atoms with Crippen LogP contribution in [-0.2, 0) is 4.74 Å². The average Bonchev–Trinajstić information content (AvgIpc) is 2.70. The van der Waals surface area contributed by atoms with E-state index in [0.29, 0.717) is 4.88 Å². The second-order valence-electron chi connectivity index (χ2n) is 3.69. The van der Waals surface area contributed by atoms with Crippen LogP contribution in [0.15, 0.2) is 24.3 Å². The maximum absolute atomic E-state index is 11.4. The van der Waals surface area contributed by atoms with Gasteiger partial charge in [0, 0.05) is 29.9 Å². The van der Waals surface area contributed by atoms with Crippen LogP contribution in [0.1, 0.15) is 9.67 Å². The molecule has 1 heterocycles. The first-order chi connectivity index (χ1) is 7.63. The molecule has 16 heavy (non-hydrogen) atoms. The molecule has 0 bridgehead atoms. The van der Waals surface area contributed by atoms with Crippen LogP contribution in [-0.4, -0.2) is 27.2 Å². The Morgan fingerprint density at radius 3 is 2.75 bits per heavy atom. The summed E-state index contributed by atoms with van der Waals surface area (Å²) in [6, 6.07) is 7.94. The van der Waals surface area contributed by atoms with Crippen molar-refractivity contribution in [2.75, 3.05) is 26.1 Å². The van der Waals surface area contributed by atoms with Crippen LogP contribution in [0.25, 0.3) is 10.1 Å². The number of rotatable bonds is 2. The van der Waals surface area contributed by atoms with Gasteiger partial charge >= 0.3 is 5.97 Å². The average molecular weight is 235 g/mol. The lowest BCUT2D eigenvalue weighted by Crippen LogP contribution is -2.08. The number of nitrogens with zero attached hydrogens (tertiary/aromatic N) is 1. The number of hydrogen-bond donors (Lipinski definition) is 0. The lowest BCUT2D eigenvalue weighted by Gasteiger charge is -2.13. The highest BCUT2D eigenvalue weighted by Gasteiger charge is 2.12. The minimum absolute atomic E-state index is 0.272. The topological polar surface area (TPSA) is 29.5 Å². The molecule has 0 fully saturated rings. The molecule has 1 aromatic carbocycles. The third-order valence-electron chi connectivity index (χ3n) is 2.41. The second-order valence-corrected chi connectivity index (χ2v) is 4.77. The molecule has 0 aliphatic rings. The van der Waals surface area contributed by atoms with E-state index in [-0.39, 0.29) is 5.97 Å². The van der Waals surface area contributed by atoms with Crippen molar-refractivity contribution in [2.24, 2.45) is 0 Å². The van der Waals surface area contributed by atoms with Gasteiger partial charge in [0.2, 0.25) is 0 Å². The van der Waals surface area contributed by atoms with Crippen LogP contribution in [0.2, 0.25) is 0 Å². The summed E-state index contributed by atoms with van der Waals surface area (Å²) in [5.41, 5.74) is 1.11. The lowest BCUT2D eigenvalue weighted by molar-refractivity contribution is 0.0606. The number of anilines is 1. The largest absolute Gasteiger partial charge is 0.465 e. The highest BCUT2D eigenvalue weighted by atomic mass is 32.1. The predicted molar refractivity (Wildman–Crippen MR) is 67.5 cm³/mol. The van der Waals surface area contributed by atoms with E-state index in [9.17, 15) is 4.79 Å². The molecule has 0 aliphatic carbocycles. The van der Waals surface area contributed by atoms with E-state index in [2.05, 4.69) is 0 Å². The third-order valence-corrected chi connectivity index (χ3v) is 3.49. The van der Waals surface area contributed by atoms with Gasteiger partial charge in [-0.05, 0) is 18.2 Å². The Morgan fingerprint density at radius 1 is 1.38 bits per heavy atom. The van der Waals surface area contributed by atoms with Gasteiger partial charge in [0.25, 0.3) is 0 Å². The van der Waals surface area contributed by atoms with Crippen molar-refractivity contribution in [3.63, 3.8) is 0 Å². The molecular weight excluding hydrogens is 222 g/mol. The number of ether oxygens (including phenoxy) is 1. The molecular formula is C12H13NO2S. The second kappa shape index (κ2) is 4.14. The van der Waals surface area contributed by atoms with Crippen molar-refractivity contribution in [1.29, 1.82) is 0 Å². The van der Waals surface area contributed by atoms with Gasteiger partial charge in [-0.15, -0.1) is 11.3 Å². The maximum atomic E-state index is 11.4. The van der Waals surface area contributed by atoms with Crippen molar-refractivity contribution in [3.05, 3.63) is 29.1 Å². The predicted octanol–water partition coefficient (Wildman–Crippen LogP) is 2.75. The molecule has 0 aliphatic heterocycles. The molecule has 0 atom stereocenters. The van der Waals surface area contributed by atoms with Crippen molar-refractivity contribution in [1.82, 2.24) is 0 Å². The van der Waals surface area contributed by atoms with E-state index in [1.165, 1.54) is 18.4 Å². The number of esters is 1. The fourth-order valence-corrected chi connectivity index (χ4v) is 2.64. The number of carbonyl (C=O) groups excluding carboxylic acids is 1. The monoisotopic (exact) mass is 235 g/mol. The molecule has 3 nitrogen and oxygen atoms in total. The first-order valence-corrected chi connectivity index (χ1v) is 5.73. The first kappa shape index (κ1) is 11.0. The van der Waals surface area contributed by atoms with Crippen LogP contribution in [0.4, 0.5) is 5.69 Å². The summed E-state index contributed by atoms with van der Waals surface area (Å²) in [7, 11) is 5.38. The summed E-state index contributed by atoms with van der Waals surface area (Å²) in [5.74, 6) is -0.272.